The van der Waals surface area contributed by atoms with E-state index in [1.54, 1.807) is 42.7 Å². The number of rotatable bonds is 4. The molecule has 5 aromatic rings. The summed E-state index contributed by atoms with van der Waals surface area (Å²) in [7, 11) is 0. The van der Waals surface area contributed by atoms with Crippen molar-refractivity contribution in [2.45, 2.75) is 16.3 Å². The molecule has 1 N–H and O–H groups in total. The molecule has 0 fully saturated rings. The Morgan fingerprint density at radius 3 is 2.56 bits per heavy atom. The van der Waals surface area contributed by atoms with Crippen molar-refractivity contribution in [3.05, 3.63) is 105 Å². The minimum absolute atomic E-state index is 0.0268. The molecule has 6 nitrogen and oxygen atoms in total. The van der Waals surface area contributed by atoms with Crippen molar-refractivity contribution in [2.75, 3.05) is 0 Å². The number of aromatic hydroxyl groups is 1. The highest BCUT2D eigenvalue weighted by molar-refractivity contribution is 7.99. The van der Waals surface area contributed by atoms with Gasteiger partial charge in [0.25, 0.3) is 5.56 Å². The predicted octanol–water partition coefficient (Wildman–Crippen LogP) is 4.55. The molecular formula is C24H15FN2O4S. The second kappa shape index (κ2) is 7.97. The van der Waals surface area contributed by atoms with Gasteiger partial charge in [-0.1, -0.05) is 30.0 Å². The lowest BCUT2D eigenvalue weighted by molar-refractivity contribution is 0.446. The molecule has 0 unspecified atom stereocenters. The predicted molar refractivity (Wildman–Crippen MR) is 120 cm³/mol. The lowest BCUT2D eigenvalue weighted by atomic mass is 10.1. The van der Waals surface area contributed by atoms with E-state index in [0.717, 1.165) is 17.3 Å². The molecule has 32 heavy (non-hydrogen) atoms. The van der Waals surface area contributed by atoms with Crippen LogP contribution in [0.5, 0.6) is 5.75 Å². The van der Waals surface area contributed by atoms with Gasteiger partial charge in [0.05, 0.1) is 12.1 Å². The summed E-state index contributed by atoms with van der Waals surface area (Å²) in [6.45, 7) is 0.224. The molecule has 0 aliphatic carbocycles. The van der Waals surface area contributed by atoms with Crippen molar-refractivity contribution in [3.8, 4) is 5.75 Å². The van der Waals surface area contributed by atoms with Crippen LogP contribution in [0.3, 0.4) is 0 Å². The van der Waals surface area contributed by atoms with Gasteiger partial charge in [-0.3, -0.25) is 9.78 Å². The summed E-state index contributed by atoms with van der Waals surface area (Å²) >= 11 is 0.907. The summed E-state index contributed by atoms with van der Waals surface area (Å²) in [6, 6.07) is 16.1. The van der Waals surface area contributed by atoms with Crippen molar-refractivity contribution in [1.82, 2.24) is 9.55 Å². The van der Waals surface area contributed by atoms with Gasteiger partial charge in [0.1, 0.15) is 16.1 Å². The van der Waals surface area contributed by atoms with Crippen LogP contribution in [0.25, 0.3) is 21.9 Å². The summed E-state index contributed by atoms with van der Waals surface area (Å²) in [5.74, 6) is -0.879. The van der Waals surface area contributed by atoms with Crippen LogP contribution in [0.4, 0.5) is 4.39 Å². The molecule has 5 rings (SSSR count). The molecule has 0 aliphatic rings. The van der Waals surface area contributed by atoms with E-state index in [0.29, 0.717) is 15.8 Å². The van der Waals surface area contributed by atoms with E-state index >= 15 is 0 Å². The molecule has 0 aliphatic heterocycles. The Morgan fingerprint density at radius 2 is 1.81 bits per heavy atom. The summed E-state index contributed by atoms with van der Waals surface area (Å²) in [5, 5.41) is 11.4. The fourth-order valence-electron chi connectivity index (χ4n) is 3.58. The average molecular weight is 446 g/mol. The number of halogens is 1. The van der Waals surface area contributed by atoms with Crippen LogP contribution in [0.2, 0.25) is 0 Å². The Labute approximate surface area is 184 Å². The van der Waals surface area contributed by atoms with Crippen molar-refractivity contribution in [2.24, 2.45) is 0 Å². The van der Waals surface area contributed by atoms with E-state index in [4.69, 9.17) is 4.42 Å². The molecule has 0 radical (unpaired) electrons. The fourth-order valence-corrected chi connectivity index (χ4v) is 4.41. The zero-order valence-corrected chi connectivity index (χ0v) is 17.3. The second-order valence-electron chi connectivity index (χ2n) is 7.10. The largest absolute Gasteiger partial charge is 0.505 e. The monoisotopic (exact) mass is 446 g/mol. The second-order valence-corrected chi connectivity index (χ2v) is 8.18. The highest BCUT2D eigenvalue weighted by Crippen LogP contribution is 2.37. The minimum Gasteiger partial charge on any atom is -0.505 e. The van der Waals surface area contributed by atoms with Crippen molar-refractivity contribution in [3.63, 3.8) is 0 Å². The van der Waals surface area contributed by atoms with Gasteiger partial charge >= 0.3 is 5.63 Å². The molecule has 0 saturated heterocycles. The third-order valence-corrected chi connectivity index (χ3v) is 6.13. The Hall–Kier alpha value is -3.91. The number of para-hydroxylation sites is 1. The van der Waals surface area contributed by atoms with Gasteiger partial charge < -0.3 is 14.1 Å². The Kier molecular flexibility index (Phi) is 4.99. The SMILES string of the molecule is O=c1oc2c(c(O)c1Sc1ccc(F)cc1)c(=O)n(Cc1cccnc1)c1ccccc21. The molecule has 0 bridgehead atoms. The van der Waals surface area contributed by atoms with E-state index in [2.05, 4.69) is 4.98 Å². The standard InChI is InChI=1S/C24H15FN2O4S/c25-15-7-9-16(10-8-15)32-22-20(28)19-21(31-24(22)30)17-5-1-2-6-18(17)27(23(19)29)13-14-4-3-11-26-12-14/h1-12,28H,13H2. The highest BCUT2D eigenvalue weighted by Gasteiger charge is 2.22. The quantitative estimate of drug-likeness (QED) is 0.408. The topological polar surface area (TPSA) is 85.3 Å². The van der Waals surface area contributed by atoms with Gasteiger partial charge in [-0.15, -0.1) is 0 Å². The van der Waals surface area contributed by atoms with Gasteiger partial charge in [0, 0.05) is 22.7 Å². The summed E-state index contributed by atoms with van der Waals surface area (Å²) in [4.78, 5) is 30.7. The molecule has 0 saturated carbocycles. The number of benzene rings is 2. The van der Waals surface area contributed by atoms with Gasteiger partial charge in [-0.25, -0.2) is 9.18 Å². The van der Waals surface area contributed by atoms with Crippen molar-refractivity contribution in [1.29, 1.82) is 0 Å². The molecule has 0 spiro atoms. The van der Waals surface area contributed by atoms with Crippen molar-refractivity contribution < 1.29 is 13.9 Å². The van der Waals surface area contributed by atoms with Crippen LogP contribution in [-0.4, -0.2) is 14.7 Å². The van der Waals surface area contributed by atoms with Crippen LogP contribution < -0.4 is 11.2 Å². The van der Waals surface area contributed by atoms with Crippen LogP contribution >= 0.6 is 11.8 Å². The highest BCUT2D eigenvalue weighted by atomic mass is 32.2. The van der Waals surface area contributed by atoms with Crippen LogP contribution in [0, 0.1) is 5.82 Å². The molecule has 0 amide bonds. The van der Waals surface area contributed by atoms with Gasteiger partial charge in [-0.05, 0) is 48.0 Å². The van der Waals surface area contributed by atoms with Crippen LogP contribution in [0.15, 0.2) is 96.9 Å². The van der Waals surface area contributed by atoms with Gasteiger partial charge in [-0.2, -0.15) is 0 Å². The number of pyridine rings is 2. The van der Waals surface area contributed by atoms with Gasteiger partial charge in [0.2, 0.25) is 0 Å². The fraction of sp³-hybridized carbons (Fsp3) is 0.0417. The number of hydrogen-bond acceptors (Lipinski definition) is 6. The average Bonchev–Trinajstić information content (AvgIpc) is 2.81. The van der Waals surface area contributed by atoms with E-state index in [1.165, 1.54) is 28.8 Å². The first-order valence-electron chi connectivity index (χ1n) is 9.66. The zero-order chi connectivity index (χ0) is 22.2. The summed E-state index contributed by atoms with van der Waals surface area (Å²) in [5.41, 5.74) is 0.120. The van der Waals surface area contributed by atoms with Crippen molar-refractivity contribution >= 4 is 33.6 Å². The third kappa shape index (κ3) is 3.44. The Balaban J connectivity index is 1.78. The lowest BCUT2D eigenvalue weighted by Crippen LogP contribution is -2.22. The molecule has 0 atom stereocenters. The van der Waals surface area contributed by atoms with E-state index < -0.39 is 22.8 Å². The Morgan fingerprint density at radius 1 is 1.03 bits per heavy atom. The number of fused-ring (bicyclic) bond motifs is 3. The first-order valence-corrected chi connectivity index (χ1v) is 10.5. The zero-order valence-electron chi connectivity index (χ0n) is 16.5. The minimum atomic E-state index is -0.779. The van der Waals surface area contributed by atoms with E-state index in [-0.39, 0.29) is 22.4 Å². The van der Waals surface area contributed by atoms with Crippen LogP contribution in [-0.2, 0) is 6.54 Å². The molecule has 3 heterocycles. The Bertz CT molecular complexity index is 1580. The van der Waals surface area contributed by atoms with Gasteiger partial charge in [0.15, 0.2) is 11.3 Å². The van der Waals surface area contributed by atoms with Crippen LogP contribution in [0.1, 0.15) is 5.56 Å². The third-order valence-electron chi connectivity index (χ3n) is 5.05. The van der Waals surface area contributed by atoms with E-state index in [1.807, 2.05) is 6.07 Å². The summed E-state index contributed by atoms with van der Waals surface area (Å²) in [6.07, 6.45) is 3.30. The maximum Gasteiger partial charge on any atom is 0.354 e. The lowest BCUT2D eigenvalue weighted by Gasteiger charge is -2.14. The maximum atomic E-state index is 13.5. The molecule has 158 valence electrons. The molecule has 2 aromatic carbocycles. The first kappa shape index (κ1) is 20.0. The normalized spacial score (nSPS) is 11.3. The summed E-state index contributed by atoms with van der Waals surface area (Å²) < 4.78 is 20.3. The number of nitrogens with zero attached hydrogens (tertiary/aromatic N) is 2. The maximum absolute atomic E-state index is 13.5. The molecular weight excluding hydrogens is 431 g/mol. The van der Waals surface area contributed by atoms with E-state index in [9.17, 15) is 19.1 Å². The first-order chi connectivity index (χ1) is 15.5. The molecule has 3 aromatic heterocycles. The molecule has 8 heteroatoms. The number of hydrogen-bond donors (Lipinski definition) is 1. The number of aromatic nitrogens is 2. The smallest absolute Gasteiger partial charge is 0.354 e.